The number of rotatable bonds is 7. The van der Waals surface area contributed by atoms with Crippen LogP contribution in [-0.4, -0.2) is 22.1 Å². The second-order valence-electron chi connectivity index (χ2n) is 4.87. The predicted molar refractivity (Wildman–Crippen MR) is 82.2 cm³/mol. The van der Waals surface area contributed by atoms with E-state index in [0.717, 1.165) is 24.4 Å². The number of carbonyl (C=O) groups is 1. The quantitative estimate of drug-likeness (QED) is 0.628. The summed E-state index contributed by atoms with van der Waals surface area (Å²) in [6, 6.07) is 7.29. The van der Waals surface area contributed by atoms with Crippen molar-refractivity contribution in [3.8, 4) is 0 Å². The van der Waals surface area contributed by atoms with E-state index in [-0.39, 0.29) is 5.97 Å². The highest BCUT2D eigenvalue weighted by Crippen LogP contribution is 2.12. The zero-order valence-corrected chi connectivity index (χ0v) is 12.5. The Morgan fingerprint density at radius 2 is 2.10 bits per heavy atom. The monoisotopic (exact) mass is 287 g/mol. The minimum Gasteiger partial charge on any atom is -0.462 e. The molecule has 0 radical (unpaired) electrons. The van der Waals surface area contributed by atoms with Gasteiger partial charge < -0.3 is 14.6 Å². The van der Waals surface area contributed by atoms with Gasteiger partial charge in [0.1, 0.15) is 5.82 Å². The molecule has 0 amide bonds. The lowest BCUT2D eigenvalue weighted by Gasteiger charge is -2.08. The van der Waals surface area contributed by atoms with E-state index in [0.29, 0.717) is 18.7 Å². The summed E-state index contributed by atoms with van der Waals surface area (Å²) < 4.78 is 7.14. The topological polar surface area (TPSA) is 56.1 Å². The number of esters is 1. The summed E-state index contributed by atoms with van der Waals surface area (Å²) in [6.45, 7) is 3.19. The van der Waals surface area contributed by atoms with Crippen LogP contribution in [0.3, 0.4) is 0 Å². The number of hydrogen-bond acceptors (Lipinski definition) is 4. The van der Waals surface area contributed by atoms with Gasteiger partial charge in [0.25, 0.3) is 0 Å². The molecule has 21 heavy (non-hydrogen) atoms. The SMILES string of the molecule is CCCCOC(=O)c1ccc(NCc2nccn2C)cc1. The Kier molecular flexibility index (Phi) is 5.37. The maximum atomic E-state index is 11.8. The molecule has 0 saturated heterocycles. The summed E-state index contributed by atoms with van der Waals surface area (Å²) in [7, 11) is 1.96. The molecule has 2 rings (SSSR count). The van der Waals surface area contributed by atoms with E-state index in [9.17, 15) is 4.79 Å². The molecule has 0 spiro atoms. The molecular formula is C16H21N3O2. The van der Waals surface area contributed by atoms with Crippen molar-refractivity contribution in [3.63, 3.8) is 0 Å². The summed E-state index contributed by atoms with van der Waals surface area (Å²) in [5, 5.41) is 3.27. The van der Waals surface area contributed by atoms with Crippen LogP contribution in [0.2, 0.25) is 0 Å². The number of ether oxygens (including phenoxy) is 1. The first-order valence-electron chi connectivity index (χ1n) is 7.18. The van der Waals surface area contributed by atoms with Gasteiger partial charge in [0, 0.05) is 25.1 Å². The van der Waals surface area contributed by atoms with Gasteiger partial charge in [-0.3, -0.25) is 0 Å². The van der Waals surface area contributed by atoms with E-state index in [1.54, 1.807) is 18.3 Å². The van der Waals surface area contributed by atoms with Crippen LogP contribution >= 0.6 is 0 Å². The highest BCUT2D eigenvalue weighted by molar-refractivity contribution is 5.89. The fourth-order valence-corrected chi connectivity index (χ4v) is 1.86. The van der Waals surface area contributed by atoms with E-state index in [2.05, 4.69) is 17.2 Å². The zero-order chi connectivity index (χ0) is 15.1. The first-order chi connectivity index (χ1) is 10.2. The van der Waals surface area contributed by atoms with Gasteiger partial charge in [0.15, 0.2) is 0 Å². The normalized spacial score (nSPS) is 10.4. The summed E-state index contributed by atoms with van der Waals surface area (Å²) in [5.74, 6) is 0.692. The van der Waals surface area contributed by atoms with Crippen LogP contribution in [-0.2, 0) is 18.3 Å². The molecule has 0 aliphatic rings. The van der Waals surface area contributed by atoms with E-state index in [1.165, 1.54) is 0 Å². The Morgan fingerprint density at radius 3 is 2.71 bits per heavy atom. The molecule has 0 aliphatic heterocycles. The Morgan fingerprint density at radius 1 is 1.33 bits per heavy atom. The number of hydrogen-bond donors (Lipinski definition) is 1. The van der Waals surface area contributed by atoms with Crippen LogP contribution < -0.4 is 5.32 Å². The molecule has 112 valence electrons. The number of nitrogens with one attached hydrogen (secondary N) is 1. The summed E-state index contributed by atoms with van der Waals surface area (Å²) >= 11 is 0. The van der Waals surface area contributed by atoms with Crippen molar-refractivity contribution < 1.29 is 9.53 Å². The summed E-state index contributed by atoms with van der Waals surface area (Å²) in [4.78, 5) is 16.0. The van der Waals surface area contributed by atoms with Crippen molar-refractivity contribution in [3.05, 3.63) is 48.0 Å². The fraction of sp³-hybridized carbons (Fsp3) is 0.375. The molecule has 0 fully saturated rings. The number of imidazole rings is 1. The third kappa shape index (κ3) is 4.34. The number of aromatic nitrogens is 2. The molecule has 5 heteroatoms. The number of anilines is 1. The molecule has 0 unspecified atom stereocenters. The van der Waals surface area contributed by atoms with Gasteiger partial charge in [0.05, 0.1) is 18.7 Å². The summed E-state index contributed by atoms with van der Waals surface area (Å²) in [5.41, 5.74) is 1.52. The third-order valence-corrected chi connectivity index (χ3v) is 3.22. The fourth-order valence-electron chi connectivity index (χ4n) is 1.86. The van der Waals surface area contributed by atoms with Gasteiger partial charge in [-0.15, -0.1) is 0 Å². The van der Waals surface area contributed by atoms with Crippen LogP contribution in [0.5, 0.6) is 0 Å². The lowest BCUT2D eigenvalue weighted by atomic mass is 10.2. The molecule has 0 atom stereocenters. The van der Waals surface area contributed by atoms with E-state index in [1.807, 2.05) is 29.9 Å². The third-order valence-electron chi connectivity index (χ3n) is 3.22. The molecule has 2 aromatic rings. The van der Waals surface area contributed by atoms with Gasteiger partial charge in [0.2, 0.25) is 0 Å². The number of benzene rings is 1. The van der Waals surface area contributed by atoms with Crippen molar-refractivity contribution in [1.82, 2.24) is 9.55 Å². The summed E-state index contributed by atoms with van der Waals surface area (Å²) in [6.07, 6.45) is 5.59. The maximum Gasteiger partial charge on any atom is 0.338 e. The molecular weight excluding hydrogens is 266 g/mol. The van der Waals surface area contributed by atoms with Crippen molar-refractivity contribution in [2.24, 2.45) is 7.05 Å². The van der Waals surface area contributed by atoms with Gasteiger partial charge in [-0.05, 0) is 30.7 Å². The molecule has 0 bridgehead atoms. The Hall–Kier alpha value is -2.30. The first-order valence-corrected chi connectivity index (χ1v) is 7.18. The van der Waals surface area contributed by atoms with Crippen molar-refractivity contribution in [2.45, 2.75) is 26.3 Å². The minimum atomic E-state index is -0.265. The highest BCUT2D eigenvalue weighted by atomic mass is 16.5. The Balaban J connectivity index is 1.87. The van der Waals surface area contributed by atoms with Gasteiger partial charge in [-0.1, -0.05) is 13.3 Å². The number of nitrogens with zero attached hydrogens (tertiary/aromatic N) is 2. The van der Waals surface area contributed by atoms with Crippen LogP contribution in [0.15, 0.2) is 36.7 Å². The zero-order valence-electron chi connectivity index (χ0n) is 12.5. The van der Waals surface area contributed by atoms with Gasteiger partial charge in [-0.2, -0.15) is 0 Å². The number of unbranched alkanes of at least 4 members (excludes halogenated alkanes) is 1. The average molecular weight is 287 g/mol. The molecule has 1 N–H and O–H groups in total. The standard InChI is InChI=1S/C16H21N3O2/c1-3-4-11-21-16(20)13-5-7-14(8-6-13)18-12-15-17-9-10-19(15)2/h5-10,18H,3-4,11-12H2,1-2H3. The van der Waals surface area contributed by atoms with Crippen molar-refractivity contribution >= 4 is 11.7 Å². The molecule has 5 nitrogen and oxygen atoms in total. The van der Waals surface area contributed by atoms with Crippen molar-refractivity contribution in [1.29, 1.82) is 0 Å². The number of carbonyl (C=O) groups excluding carboxylic acids is 1. The minimum absolute atomic E-state index is 0.265. The van der Waals surface area contributed by atoms with Crippen LogP contribution in [0.25, 0.3) is 0 Å². The lowest BCUT2D eigenvalue weighted by molar-refractivity contribution is 0.0500. The molecule has 1 heterocycles. The molecule has 1 aromatic carbocycles. The molecule has 1 aromatic heterocycles. The van der Waals surface area contributed by atoms with Crippen LogP contribution in [0, 0.1) is 0 Å². The van der Waals surface area contributed by atoms with Gasteiger partial charge >= 0.3 is 5.97 Å². The second-order valence-corrected chi connectivity index (χ2v) is 4.87. The predicted octanol–water partition coefficient (Wildman–Crippen LogP) is 2.99. The van der Waals surface area contributed by atoms with Crippen LogP contribution in [0.4, 0.5) is 5.69 Å². The Bertz CT molecular complexity index is 575. The largest absolute Gasteiger partial charge is 0.462 e. The Labute approximate surface area is 125 Å². The maximum absolute atomic E-state index is 11.8. The smallest absolute Gasteiger partial charge is 0.338 e. The van der Waals surface area contributed by atoms with Gasteiger partial charge in [-0.25, -0.2) is 9.78 Å². The van der Waals surface area contributed by atoms with E-state index < -0.39 is 0 Å². The lowest BCUT2D eigenvalue weighted by Crippen LogP contribution is -2.07. The highest BCUT2D eigenvalue weighted by Gasteiger charge is 2.06. The van der Waals surface area contributed by atoms with Crippen molar-refractivity contribution in [2.75, 3.05) is 11.9 Å². The molecule has 0 aliphatic carbocycles. The van der Waals surface area contributed by atoms with E-state index in [4.69, 9.17) is 4.74 Å². The second kappa shape index (κ2) is 7.47. The first kappa shape index (κ1) is 15.1. The van der Waals surface area contributed by atoms with E-state index >= 15 is 0 Å². The average Bonchev–Trinajstić information content (AvgIpc) is 2.91. The molecule has 0 saturated carbocycles. The van der Waals surface area contributed by atoms with Crippen LogP contribution in [0.1, 0.15) is 35.9 Å². The number of aryl methyl sites for hydroxylation is 1.